The number of hydrogen-bond donors (Lipinski definition) is 2. The number of esters is 1. The van der Waals surface area contributed by atoms with Crippen LogP contribution in [0.2, 0.25) is 0 Å². The minimum absolute atomic E-state index is 0.124. The van der Waals surface area contributed by atoms with Crippen LogP contribution in [0.4, 0.5) is 5.69 Å². The van der Waals surface area contributed by atoms with E-state index in [0.717, 1.165) is 11.1 Å². The van der Waals surface area contributed by atoms with Crippen molar-refractivity contribution in [1.29, 1.82) is 0 Å². The summed E-state index contributed by atoms with van der Waals surface area (Å²) in [4.78, 5) is 35.4. The van der Waals surface area contributed by atoms with Crippen molar-refractivity contribution in [2.24, 2.45) is 5.92 Å². The molecule has 0 aromatic heterocycles. The van der Waals surface area contributed by atoms with Crippen LogP contribution in [0.1, 0.15) is 43.6 Å². The molecule has 0 spiro atoms. The van der Waals surface area contributed by atoms with Gasteiger partial charge in [0.05, 0.1) is 0 Å². The Labute approximate surface area is 171 Å². The van der Waals surface area contributed by atoms with Gasteiger partial charge >= 0.3 is 5.97 Å². The molecule has 29 heavy (non-hydrogen) atoms. The third-order valence-electron chi connectivity index (χ3n) is 4.31. The maximum atomic E-state index is 12.4. The standard InChI is InChI=1S/C23H26N2O4/c1-15(2)16(3)12-22(27)24-14-18-8-10-20(11-9-18)25-23(28)19-6-5-7-21(13-19)29-17(4)26/h5-13,15H,14H2,1-4H3,(H,24,27)(H,25,28)/b16-12+. The number of nitrogens with one attached hydrogen (secondary N) is 2. The first-order valence-corrected chi connectivity index (χ1v) is 9.39. The van der Waals surface area contributed by atoms with Crippen molar-refractivity contribution in [3.63, 3.8) is 0 Å². The number of rotatable bonds is 7. The quantitative estimate of drug-likeness (QED) is 0.421. The molecule has 0 fully saturated rings. The lowest BCUT2D eigenvalue weighted by atomic mass is 10.1. The Kier molecular flexibility index (Phi) is 7.71. The van der Waals surface area contributed by atoms with Gasteiger partial charge in [0.15, 0.2) is 0 Å². The van der Waals surface area contributed by atoms with Gasteiger partial charge in [-0.1, -0.05) is 37.6 Å². The van der Waals surface area contributed by atoms with Crippen LogP contribution >= 0.6 is 0 Å². The molecule has 0 aliphatic rings. The fourth-order valence-electron chi connectivity index (χ4n) is 2.39. The molecular formula is C23H26N2O4. The van der Waals surface area contributed by atoms with Gasteiger partial charge in [0, 0.05) is 30.8 Å². The molecule has 2 amide bonds. The van der Waals surface area contributed by atoms with Gasteiger partial charge in [-0.15, -0.1) is 0 Å². The lowest BCUT2D eigenvalue weighted by Gasteiger charge is -2.09. The van der Waals surface area contributed by atoms with Gasteiger partial charge in [-0.3, -0.25) is 14.4 Å². The summed E-state index contributed by atoms with van der Waals surface area (Å²) in [5.74, 6) is -0.230. The molecule has 2 aromatic rings. The highest BCUT2D eigenvalue weighted by Gasteiger charge is 2.09. The summed E-state index contributed by atoms with van der Waals surface area (Å²) >= 11 is 0. The van der Waals surface area contributed by atoms with Gasteiger partial charge in [0.2, 0.25) is 5.91 Å². The van der Waals surface area contributed by atoms with Crippen molar-refractivity contribution in [2.45, 2.75) is 34.2 Å². The first kappa shape index (κ1) is 21.9. The predicted octanol–water partition coefficient (Wildman–Crippen LogP) is 4.08. The Morgan fingerprint density at radius 1 is 1.03 bits per heavy atom. The van der Waals surface area contributed by atoms with E-state index >= 15 is 0 Å². The topological polar surface area (TPSA) is 84.5 Å². The number of ether oxygens (including phenoxy) is 1. The van der Waals surface area contributed by atoms with Gasteiger partial charge in [-0.05, 0) is 48.7 Å². The number of allylic oxidation sites excluding steroid dienone is 1. The van der Waals surface area contributed by atoms with E-state index < -0.39 is 5.97 Å². The van der Waals surface area contributed by atoms with Gasteiger partial charge in [-0.2, -0.15) is 0 Å². The van der Waals surface area contributed by atoms with Crippen molar-refractivity contribution in [3.05, 3.63) is 71.3 Å². The molecule has 2 rings (SSSR count). The molecule has 0 saturated carbocycles. The number of benzene rings is 2. The van der Waals surface area contributed by atoms with Crippen LogP contribution in [0.3, 0.4) is 0 Å². The Bertz CT molecular complexity index is 915. The normalized spacial score (nSPS) is 11.1. The molecule has 0 saturated heterocycles. The van der Waals surface area contributed by atoms with Crippen LogP contribution in [0.5, 0.6) is 5.75 Å². The Balaban J connectivity index is 1.93. The lowest BCUT2D eigenvalue weighted by Crippen LogP contribution is -2.21. The van der Waals surface area contributed by atoms with E-state index in [9.17, 15) is 14.4 Å². The summed E-state index contributed by atoms with van der Waals surface area (Å²) in [7, 11) is 0. The van der Waals surface area contributed by atoms with E-state index in [0.29, 0.717) is 29.5 Å². The van der Waals surface area contributed by atoms with E-state index in [1.165, 1.54) is 13.0 Å². The van der Waals surface area contributed by atoms with Crippen molar-refractivity contribution in [3.8, 4) is 5.75 Å². The van der Waals surface area contributed by atoms with E-state index in [1.807, 2.05) is 32.9 Å². The zero-order valence-electron chi connectivity index (χ0n) is 17.1. The van der Waals surface area contributed by atoms with E-state index in [4.69, 9.17) is 4.74 Å². The van der Waals surface area contributed by atoms with Crippen LogP contribution in [0, 0.1) is 5.92 Å². The van der Waals surface area contributed by atoms with Gasteiger partial charge < -0.3 is 15.4 Å². The van der Waals surface area contributed by atoms with Gasteiger partial charge in [-0.25, -0.2) is 0 Å². The lowest BCUT2D eigenvalue weighted by molar-refractivity contribution is -0.131. The monoisotopic (exact) mass is 394 g/mol. The van der Waals surface area contributed by atoms with E-state index in [1.54, 1.807) is 36.4 Å². The summed E-state index contributed by atoms with van der Waals surface area (Å²) in [5.41, 5.74) is 2.95. The zero-order chi connectivity index (χ0) is 21.4. The number of carbonyl (C=O) groups is 3. The van der Waals surface area contributed by atoms with Crippen LogP contribution in [0.25, 0.3) is 0 Å². The molecular weight excluding hydrogens is 368 g/mol. The first-order chi connectivity index (χ1) is 13.7. The number of amides is 2. The van der Waals surface area contributed by atoms with Crippen LogP contribution < -0.4 is 15.4 Å². The van der Waals surface area contributed by atoms with Crippen LogP contribution in [-0.2, 0) is 16.1 Å². The second kappa shape index (κ2) is 10.2. The zero-order valence-corrected chi connectivity index (χ0v) is 17.1. The SMILES string of the molecule is CC(=O)Oc1cccc(C(=O)Nc2ccc(CNC(=O)/C=C(\C)C(C)C)cc2)c1. The number of carbonyl (C=O) groups excluding carboxylic acids is 3. The molecule has 2 aromatic carbocycles. The summed E-state index contributed by atoms with van der Waals surface area (Å²) in [6.07, 6.45) is 1.61. The maximum Gasteiger partial charge on any atom is 0.308 e. The molecule has 0 atom stereocenters. The highest BCUT2D eigenvalue weighted by Crippen LogP contribution is 2.16. The molecule has 0 radical (unpaired) electrons. The van der Waals surface area contributed by atoms with Crippen molar-refractivity contribution < 1.29 is 19.1 Å². The second-order valence-electron chi connectivity index (χ2n) is 7.03. The van der Waals surface area contributed by atoms with Gasteiger partial charge in [0.1, 0.15) is 5.75 Å². The Morgan fingerprint density at radius 2 is 1.72 bits per heavy atom. The molecule has 0 unspecified atom stereocenters. The molecule has 0 aliphatic carbocycles. The molecule has 0 aliphatic heterocycles. The summed E-state index contributed by atoms with van der Waals surface area (Å²) in [5, 5.41) is 5.64. The second-order valence-corrected chi connectivity index (χ2v) is 7.03. The van der Waals surface area contributed by atoms with Crippen LogP contribution in [0.15, 0.2) is 60.2 Å². The largest absolute Gasteiger partial charge is 0.427 e. The maximum absolute atomic E-state index is 12.4. The first-order valence-electron chi connectivity index (χ1n) is 9.39. The molecule has 6 heteroatoms. The minimum atomic E-state index is -0.444. The third kappa shape index (κ3) is 7.25. The Morgan fingerprint density at radius 3 is 2.34 bits per heavy atom. The summed E-state index contributed by atoms with van der Waals surface area (Å²) in [6, 6.07) is 13.6. The van der Waals surface area contributed by atoms with E-state index in [2.05, 4.69) is 10.6 Å². The number of anilines is 1. The van der Waals surface area contributed by atoms with Crippen molar-refractivity contribution in [1.82, 2.24) is 5.32 Å². The van der Waals surface area contributed by atoms with Crippen molar-refractivity contribution >= 4 is 23.5 Å². The highest BCUT2D eigenvalue weighted by molar-refractivity contribution is 6.04. The highest BCUT2D eigenvalue weighted by atomic mass is 16.5. The third-order valence-corrected chi connectivity index (χ3v) is 4.31. The Hall–Kier alpha value is -3.41. The molecule has 0 heterocycles. The molecule has 6 nitrogen and oxygen atoms in total. The molecule has 152 valence electrons. The smallest absolute Gasteiger partial charge is 0.308 e. The number of hydrogen-bond acceptors (Lipinski definition) is 4. The average Bonchev–Trinajstić information content (AvgIpc) is 2.67. The predicted molar refractivity (Wildman–Crippen MR) is 113 cm³/mol. The fourth-order valence-corrected chi connectivity index (χ4v) is 2.39. The van der Waals surface area contributed by atoms with Gasteiger partial charge in [0.25, 0.3) is 5.91 Å². The minimum Gasteiger partial charge on any atom is -0.427 e. The van der Waals surface area contributed by atoms with E-state index in [-0.39, 0.29) is 11.8 Å². The average molecular weight is 394 g/mol. The summed E-state index contributed by atoms with van der Waals surface area (Å²) in [6.45, 7) is 7.72. The summed E-state index contributed by atoms with van der Waals surface area (Å²) < 4.78 is 5.00. The molecule has 0 bridgehead atoms. The van der Waals surface area contributed by atoms with Crippen LogP contribution in [-0.4, -0.2) is 17.8 Å². The fraction of sp³-hybridized carbons (Fsp3) is 0.261. The molecule has 2 N–H and O–H groups in total. The van der Waals surface area contributed by atoms with Crippen molar-refractivity contribution in [2.75, 3.05) is 5.32 Å².